The Kier molecular flexibility index (Phi) is 3.73. The van der Waals surface area contributed by atoms with Gasteiger partial charge in [-0.15, -0.1) is 0 Å². The van der Waals surface area contributed by atoms with Crippen LogP contribution in [0.25, 0.3) is 0 Å². The third-order valence-corrected chi connectivity index (χ3v) is 1.85. The topological polar surface area (TPSA) is 65.0 Å². The van der Waals surface area contributed by atoms with Crippen LogP contribution >= 0.6 is 0 Å². The largest absolute Gasteiger partial charge is 0.493 e. The van der Waals surface area contributed by atoms with Crippen LogP contribution in [-0.2, 0) is 11.4 Å². The molecule has 1 atom stereocenters. The van der Waals surface area contributed by atoms with E-state index in [1.54, 1.807) is 12.1 Å². The number of rotatable bonds is 4. The zero-order valence-corrected chi connectivity index (χ0v) is 8.54. The van der Waals surface area contributed by atoms with Gasteiger partial charge in [0.1, 0.15) is 0 Å². The molecule has 6 heteroatoms. The van der Waals surface area contributed by atoms with Crippen molar-refractivity contribution in [1.29, 1.82) is 0 Å². The van der Waals surface area contributed by atoms with Crippen LogP contribution in [0.1, 0.15) is 0 Å². The van der Waals surface area contributed by atoms with Crippen LogP contribution < -0.4 is 13.7 Å². The highest BCUT2D eigenvalue weighted by atomic mass is 32.2. The van der Waals surface area contributed by atoms with Gasteiger partial charge in [0.05, 0.1) is 14.2 Å². The minimum Gasteiger partial charge on any atom is -0.493 e. The van der Waals surface area contributed by atoms with E-state index in [0.717, 1.165) is 0 Å². The third kappa shape index (κ3) is 2.36. The Balaban J connectivity index is 3.08. The molecule has 1 unspecified atom stereocenters. The van der Waals surface area contributed by atoms with Crippen molar-refractivity contribution in [2.75, 3.05) is 14.2 Å². The third-order valence-electron chi connectivity index (χ3n) is 1.53. The van der Waals surface area contributed by atoms with Crippen molar-refractivity contribution in [3.63, 3.8) is 0 Å². The summed E-state index contributed by atoms with van der Waals surface area (Å²) in [5.41, 5.74) is 0. The zero-order valence-electron chi connectivity index (χ0n) is 7.72. The first-order chi connectivity index (χ1) is 6.69. The van der Waals surface area contributed by atoms with Gasteiger partial charge in [0, 0.05) is 0 Å². The SMILES string of the molecule is COc1cccc(OS(=O)O)c1OC. The lowest BCUT2D eigenvalue weighted by Crippen LogP contribution is -2.00. The van der Waals surface area contributed by atoms with E-state index in [0.29, 0.717) is 5.75 Å². The molecule has 1 aromatic rings. The fourth-order valence-corrected chi connectivity index (χ4v) is 1.28. The molecule has 0 aliphatic heterocycles. The molecule has 0 saturated carbocycles. The van der Waals surface area contributed by atoms with E-state index in [9.17, 15) is 4.21 Å². The predicted octanol–water partition coefficient (Wildman–Crippen LogP) is 1.22. The summed E-state index contributed by atoms with van der Waals surface area (Å²) in [6, 6.07) is 4.80. The van der Waals surface area contributed by atoms with Gasteiger partial charge in [-0.05, 0) is 12.1 Å². The molecule has 78 valence electrons. The lowest BCUT2D eigenvalue weighted by atomic mass is 10.3. The first kappa shape index (κ1) is 10.8. The van der Waals surface area contributed by atoms with E-state index < -0.39 is 11.4 Å². The summed E-state index contributed by atoms with van der Waals surface area (Å²) < 4.78 is 33.5. The lowest BCUT2D eigenvalue weighted by Gasteiger charge is -2.10. The molecule has 0 heterocycles. The highest BCUT2D eigenvalue weighted by Crippen LogP contribution is 2.36. The molecular weight excluding hydrogens is 208 g/mol. The molecule has 14 heavy (non-hydrogen) atoms. The average Bonchev–Trinajstić information content (AvgIpc) is 2.16. The van der Waals surface area contributed by atoms with Crippen LogP contribution in [0.3, 0.4) is 0 Å². The Morgan fingerprint density at radius 1 is 1.21 bits per heavy atom. The van der Waals surface area contributed by atoms with Crippen LogP contribution in [0.4, 0.5) is 0 Å². The van der Waals surface area contributed by atoms with Gasteiger partial charge in [-0.3, -0.25) is 4.55 Å². The van der Waals surface area contributed by atoms with Crippen molar-refractivity contribution < 1.29 is 22.4 Å². The first-order valence-corrected chi connectivity index (χ1v) is 4.72. The zero-order chi connectivity index (χ0) is 10.6. The van der Waals surface area contributed by atoms with Gasteiger partial charge in [-0.2, -0.15) is 4.21 Å². The minimum atomic E-state index is -2.37. The molecule has 1 aromatic carbocycles. The summed E-state index contributed by atoms with van der Waals surface area (Å²) in [7, 11) is 2.89. The fourth-order valence-electron chi connectivity index (χ4n) is 1.00. The standard InChI is InChI=1S/C8H10O5S/c1-11-6-4-3-5-7(8(6)12-2)13-14(9)10/h3-5H,1-2H3,(H,9,10). The highest BCUT2D eigenvalue weighted by molar-refractivity contribution is 7.74. The number of benzene rings is 1. The predicted molar refractivity (Wildman–Crippen MR) is 50.9 cm³/mol. The Morgan fingerprint density at radius 2 is 1.86 bits per heavy atom. The number of para-hydroxylation sites is 1. The fraction of sp³-hybridized carbons (Fsp3) is 0.250. The Labute approximate surface area is 84.1 Å². The maximum absolute atomic E-state index is 10.4. The summed E-state index contributed by atoms with van der Waals surface area (Å²) in [4.78, 5) is 0. The maximum Gasteiger partial charge on any atom is 0.357 e. The molecule has 0 amide bonds. The quantitative estimate of drug-likeness (QED) is 0.770. The van der Waals surface area contributed by atoms with Crippen LogP contribution in [0, 0.1) is 0 Å². The van der Waals surface area contributed by atoms with E-state index in [1.165, 1.54) is 20.3 Å². The normalized spacial score (nSPS) is 11.9. The van der Waals surface area contributed by atoms with Crippen molar-refractivity contribution >= 4 is 11.4 Å². The van der Waals surface area contributed by atoms with Gasteiger partial charge in [0.15, 0.2) is 11.5 Å². The first-order valence-electron chi connectivity index (χ1n) is 3.69. The molecule has 0 aliphatic rings. The van der Waals surface area contributed by atoms with E-state index in [2.05, 4.69) is 4.18 Å². The summed E-state index contributed by atoms with van der Waals surface area (Å²) in [5, 5.41) is 0. The summed E-state index contributed by atoms with van der Waals surface area (Å²) in [6.45, 7) is 0. The van der Waals surface area contributed by atoms with E-state index in [4.69, 9.17) is 14.0 Å². The molecule has 0 saturated heterocycles. The van der Waals surface area contributed by atoms with Gasteiger partial charge in [-0.1, -0.05) is 6.07 Å². The molecule has 1 rings (SSSR count). The average molecular weight is 218 g/mol. The highest BCUT2D eigenvalue weighted by Gasteiger charge is 2.12. The molecule has 5 nitrogen and oxygen atoms in total. The summed E-state index contributed by atoms with van der Waals surface area (Å²) in [5.74, 6) is 0.889. The molecule has 0 spiro atoms. The molecule has 0 radical (unpaired) electrons. The second-order valence-corrected chi connectivity index (χ2v) is 2.89. The van der Waals surface area contributed by atoms with Gasteiger partial charge < -0.3 is 13.7 Å². The van der Waals surface area contributed by atoms with Crippen LogP contribution in [0.15, 0.2) is 18.2 Å². The van der Waals surface area contributed by atoms with Gasteiger partial charge in [0.25, 0.3) is 0 Å². The van der Waals surface area contributed by atoms with Crippen molar-refractivity contribution in [3.05, 3.63) is 18.2 Å². The Hall–Kier alpha value is -1.27. The molecule has 0 aliphatic carbocycles. The van der Waals surface area contributed by atoms with Crippen molar-refractivity contribution in [2.24, 2.45) is 0 Å². The number of ether oxygens (including phenoxy) is 2. The van der Waals surface area contributed by atoms with Crippen LogP contribution in [0.2, 0.25) is 0 Å². The van der Waals surface area contributed by atoms with E-state index >= 15 is 0 Å². The number of methoxy groups -OCH3 is 2. The lowest BCUT2D eigenvalue weighted by molar-refractivity contribution is 0.341. The van der Waals surface area contributed by atoms with Gasteiger partial charge in [-0.25, -0.2) is 0 Å². The van der Waals surface area contributed by atoms with Gasteiger partial charge >= 0.3 is 11.4 Å². The maximum atomic E-state index is 10.4. The number of hydrogen-bond donors (Lipinski definition) is 1. The molecule has 0 fully saturated rings. The Bertz CT molecular complexity index is 339. The summed E-state index contributed by atoms with van der Waals surface area (Å²) in [6.07, 6.45) is 0. The minimum absolute atomic E-state index is 0.160. The Morgan fingerprint density at radius 3 is 2.36 bits per heavy atom. The van der Waals surface area contributed by atoms with Crippen molar-refractivity contribution in [2.45, 2.75) is 0 Å². The van der Waals surface area contributed by atoms with Crippen LogP contribution in [-0.4, -0.2) is 23.0 Å². The molecular formula is C8H10O5S. The van der Waals surface area contributed by atoms with Crippen LogP contribution in [0.5, 0.6) is 17.2 Å². The summed E-state index contributed by atoms with van der Waals surface area (Å²) >= 11 is -2.37. The van der Waals surface area contributed by atoms with Crippen molar-refractivity contribution in [1.82, 2.24) is 0 Å². The second-order valence-electron chi connectivity index (χ2n) is 2.29. The molecule has 1 N–H and O–H groups in total. The smallest absolute Gasteiger partial charge is 0.357 e. The second kappa shape index (κ2) is 4.83. The monoisotopic (exact) mass is 218 g/mol. The number of hydrogen-bond acceptors (Lipinski definition) is 4. The molecule has 0 bridgehead atoms. The molecule has 0 aromatic heterocycles. The van der Waals surface area contributed by atoms with Gasteiger partial charge in [0.2, 0.25) is 5.75 Å². The van der Waals surface area contributed by atoms with E-state index in [-0.39, 0.29) is 11.5 Å². The van der Waals surface area contributed by atoms with Crippen molar-refractivity contribution in [3.8, 4) is 17.2 Å². The van der Waals surface area contributed by atoms with E-state index in [1.807, 2.05) is 0 Å².